The van der Waals surface area contributed by atoms with E-state index in [1.54, 1.807) is 0 Å². The van der Waals surface area contributed by atoms with Crippen LogP contribution in [0.15, 0.2) is 60.7 Å². The van der Waals surface area contributed by atoms with Crippen molar-refractivity contribution < 1.29 is 14.2 Å². The van der Waals surface area contributed by atoms with Crippen LogP contribution >= 0.6 is 0 Å². The average Bonchev–Trinajstić information content (AvgIpc) is 2.89. The first-order valence-corrected chi connectivity index (χ1v) is 13.9. The quantitative estimate of drug-likeness (QED) is 0.171. The van der Waals surface area contributed by atoms with E-state index in [1.165, 1.54) is 64.2 Å². The molecule has 0 atom stereocenters. The van der Waals surface area contributed by atoms with Crippen LogP contribution in [-0.2, 0) is 0 Å². The van der Waals surface area contributed by atoms with Crippen molar-refractivity contribution in [3.63, 3.8) is 0 Å². The lowest BCUT2D eigenvalue weighted by Crippen LogP contribution is -2.03. The summed E-state index contributed by atoms with van der Waals surface area (Å²) < 4.78 is 19.0. The van der Waals surface area contributed by atoms with Gasteiger partial charge in [-0.25, -0.2) is 0 Å². The Bertz CT molecular complexity index is 967. The Kier molecular flexibility index (Phi) is 12.4. The standard InChI is InChI=1S/C32H44O3/c1-3-5-7-9-11-18-24-33-30-26-31(35-27-20-14-13-15-21-27)32(29-23-17-16-22-28(29)30)34-25-19-12-10-8-6-4-2/h13-17,20-23,26H,3-12,18-19,24-25H2,1-2H3. The SMILES string of the molecule is CCCCCCCCOc1cc(Oc2ccccc2)c(OCCCCCCCC)c2ccccc12. The molecule has 0 heterocycles. The number of benzene rings is 3. The summed E-state index contributed by atoms with van der Waals surface area (Å²) in [5.41, 5.74) is 0. The maximum Gasteiger partial charge on any atom is 0.173 e. The maximum absolute atomic E-state index is 6.38. The predicted octanol–water partition coefficient (Wildman–Crippen LogP) is 10.1. The van der Waals surface area contributed by atoms with Crippen LogP contribution in [0.2, 0.25) is 0 Å². The minimum Gasteiger partial charge on any atom is -0.493 e. The van der Waals surface area contributed by atoms with Gasteiger partial charge in [0.05, 0.1) is 13.2 Å². The predicted molar refractivity (Wildman–Crippen MR) is 148 cm³/mol. The number of fused-ring (bicyclic) bond motifs is 1. The minimum absolute atomic E-state index is 0.694. The molecule has 3 aromatic rings. The summed E-state index contributed by atoms with van der Waals surface area (Å²) in [5.74, 6) is 3.20. The Morgan fingerprint density at radius 2 is 1.06 bits per heavy atom. The van der Waals surface area contributed by atoms with E-state index < -0.39 is 0 Å². The molecule has 190 valence electrons. The summed E-state index contributed by atoms with van der Waals surface area (Å²) in [4.78, 5) is 0. The fraction of sp³-hybridized carbons (Fsp3) is 0.500. The first-order chi connectivity index (χ1) is 17.3. The molecular weight excluding hydrogens is 432 g/mol. The zero-order valence-electron chi connectivity index (χ0n) is 21.9. The van der Waals surface area contributed by atoms with E-state index in [0.717, 1.165) is 53.2 Å². The summed E-state index contributed by atoms with van der Waals surface area (Å²) in [7, 11) is 0. The highest BCUT2D eigenvalue weighted by molar-refractivity contribution is 5.95. The Morgan fingerprint density at radius 1 is 0.514 bits per heavy atom. The third-order valence-electron chi connectivity index (χ3n) is 6.39. The van der Waals surface area contributed by atoms with Crippen LogP contribution in [-0.4, -0.2) is 13.2 Å². The minimum atomic E-state index is 0.694. The Balaban J connectivity index is 1.74. The zero-order chi connectivity index (χ0) is 24.6. The van der Waals surface area contributed by atoms with Crippen molar-refractivity contribution in [2.75, 3.05) is 13.2 Å². The van der Waals surface area contributed by atoms with Crippen LogP contribution < -0.4 is 14.2 Å². The van der Waals surface area contributed by atoms with E-state index in [1.807, 2.05) is 36.4 Å². The van der Waals surface area contributed by atoms with E-state index in [2.05, 4.69) is 38.1 Å². The number of hydrogen-bond donors (Lipinski definition) is 0. The Hall–Kier alpha value is -2.68. The monoisotopic (exact) mass is 476 g/mol. The molecule has 0 spiro atoms. The van der Waals surface area contributed by atoms with Crippen molar-refractivity contribution in [3.8, 4) is 23.0 Å². The van der Waals surface area contributed by atoms with Gasteiger partial charge in [0, 0.05) is 16.8 Å². The summed E-state index contributed by atoms with van der Waals surface area (Å²) in [5, 5.41) is 2.13. The van der Waals surface area contributed by atoms with Gasteiger partial charge in [0.25, 0.3) is 0 Å². The number of hydrogen-bond acceptors (Lipinski definition) is 3. The van der Waals surface area contributed by atoms with Crippen LogP contribution in [0.3, 0.4) is 0 Å². The van der Waals surface area contributed by atoms with Crippen molar-refractivity contribution in [2.24, 2.45) is 0 Å². The lowest BCUT2D eigenvalue weighted by atomic mass is 10.1. The van der Waals surface area contributed by atoms with Gasteiger partial charge in [-0.3, -0.25) is 0 Å². The van der Waals surface area contributed by atoms with Crippen LogP contribution in [0.4, 0.5) is 0 Å². The maximum atomic E-state index is 6.38. The summed E-state index contributed by atoms with van der Waals surface area (Å²) in [6.45, 7) is 5.92. The lowest BCUT2D eigenvalue weighted by molar-refractivity contribution is 0.289. The fourth-order valence-corrected chi connectivity index (χ4v) is 4.37. The lowest BCUT2D eigenvalue weighted by Gasteiger charge is -2.18. The molecule has 0 bridgehead atoms. The van der Waals surface area contributed by atoms with Crippen molar-refractivity contribution in [2.45, 2.75) is 90.9 Å². The van der Waals surface area contributed by atoms with Crippen molar-refractivity contribution >= 4 is 10.8 Å². The Morgan fingerprint density at radius 3 is 1.71 bits per heavy atom. The van der Waals surface area contributed by atoms with Crippen LogP contribution in [0.1, 0.15) is 90.9 Å². The van der Waals surface area contributed by atoms with Gasteiger partial charge < -0.3 is 14.2 Å². The third-order valence-corrected chi connectivity index (χ3v) is 6.39. The third kappa shape index (κ3) is 9.12. The summed E-state index contributed by atoms with van der Waals surface area (Å²) >= 11 is 0. The molecule has 0 fully saturated rings. The second kappa shape index (κ2) is 16.1. The molecule has 0 aliphatic carbocycles. The van der Waals surface area contributed by atoms with Gasteiger partial charge in [-0.1, -0.05) is 121 Å². The highest BCUT2D eigenvalue weighted by Gasteiger charge is 2.16. The number of ether oxygens (including phenoxy) is 3. The molecule has 0 aromatic heterocycles. The van der Waals surface area contributed by atoms with E-state index in [-0.39, 0.29) is 0 Å². The molecule has 0 saturated heterocycles. The topological polar surface area (TPSA) is 27.7 Å². The molecule has 0 amide bonds. The van der Waals surface area contributed by atoms with Crippen molar-refractivity contribution in [3.05, 3.63) is 60.7 Å². The van der Waals surface area contributed by atoms with Gasteiger partial charge in [-0.2, -0.15) is 0 Å². The molecule has 3 heteroatoms. The molecule has 0 radical (unpaired) electrons. The summed E-state index contributed by atoms with van der Waals surface area (Å²) in [6.07, 6.45) is 14.9. The molecule has 3 aromatic carbocycles. The molecule has 0 aliphatic heterocycles. The first-order valence-electron chi connectivity index (χ1n) is 13.9. The van der Waals surface area contributed by atoms with Gasteiger partial charge >= 0.3 is 0 Å². The second-order valence-electron chi connectivity index (χ2n) is 9.40. The highest BCUT2D eigenvalue weighted by Crippen LogP contribution is 2.43. The van der Waals surface area contributed by atoms with E-state index in [4.69, 9.17) is 14.2 Å². The van der Waals surface area contributed by atoms with Crippen LogP contribution in [0.25, 0.3) is 10.8 Å². The van der Waals surface area contributed by atoms with E-state index >= 15 is 0 Å². The molecule has 35 heavy (non-hydrogen) atoms. The number of unbranched alkanes of at least 4 members (excludes halogenated alkanes) is 10. The van der Waals surface area contributed by atoms with Crippen molar-refractivity contribution in [1.82, 2.24) is 0 Å². The van der Waals surface area contributed by atoms with Crippen LogP contribution in [0, 0.1) is 0 Å². The van der Waals surface area contributed by atoms with Gasteiger partial charge in [0.15, 0.2) is 11.5 Å². The van der Waals surface area contributed by atoms with Gasteiger partial charge in [0.1, 0.15) is 11.5 Å². The van der Waals surface area contributed by atoms with Gasteiger partial charge in [0.2, 0.25) is 0 Å². The molecule has 0 N–H and O–H groups in total. The van der Waals surface area contributed by atoms with Crippen molar-refractivity contribution in [1.29, 1.82) is 0 Å². The van der Waals surface area contributed by atoms with E-state index in [0.29, 0.717) is 6.61 Å². The highest BCUT2D eigenvalue weighted by atomic mass is 16.5. The van der Waals surface area contributed by atoms with Gasteiger partial charge in [-0.15, -0.1) is 0 Å². The smallest absolute Gasteiger partial charge is 0.173 e. The fourth-order valence-electron chi connectivity index (χ4n) is 4.37. The van der Waals surface area contributed by atoms with Gasteiger partial charge in [-0.05, 0) is 25.0 Å². The second-order valence-corrected chi connectivity index (χ2v) is 9.40. The summed E-state index contributed by atoms with van der Waals surface area (Å²) in [6, 6.07) is 20.3. The largest absolute Gasteiger partial charge is 0.493 e. The molecule has 0 saturated carbocycles. The van der Waals surface area contributed by atoms with Crippen LogP contribution in [0.5, 0.6) is 23.0 Å². The first kappa shape index (κ1) is 26.9. The average molecular weight is 477 g/mol. The molecule has 0 unspecified atom stereocenters. The van der Waals surface area contributed by atoms with E-state index in [9.17, 15) is 0 Å². The zero-order valence-corrected chi connectivity index (χ0v) is 21.9. The molecule has 3 nitrogen and oxygen atoms in total. The molecule has 3 rings (SSSR count). The number of para-hydroxylation sites is 1. The normalized spacial score (nSPS) is 11.0. The molecular formula is C32H44O3. The number of rotatable bonds is 18. The Labute approximate surface area is 212 Å². The molecule has 0 aliphatic rings.